The molecule has 0 unspecified atom stereocenters. The summed E-state index contributed by atoms with van der Waals surface area (Å²) in [7, 11) is 0. The van der Waals surface area contributed by atoms with Crippen LogP contribution in [0.3, 0.4) is 0 Å². The Morgan fingerprint density at radius 1 is 1.30 bits per heavy atom. The Morgan fingerprint density at radius 3 is 2.80 bits per heavy atom. The molecular formula is C15H17N3OS. The quantitative estimate of drug-likeness (QED) is 0.670. The van der Waals surface area contributed by atoms with Crippen LogP contribution >= 0.6 is 12.2 Å². The van der Waals surface area contributed by atoms with Gasteiger partial charge in [0, 0.05) is 12.2 Å². The van der Waals surface area contributed by atoms with Crippen molar-refractivity contribution in [2.75, 3.05) is 0 Å². The summed E-state index contributed by atoms with van der Waals surface area (Å²) < 4.78 is 0. The van der Waals surface area contributed by atoms with Gasteiger partial charge in [-0.05, 0) is 43.3 Å². The molecule has 1 saturated heterocycles. The fourth-order valence-corrected chi connectivity index (χ4v) is 3.17. The van der Waals surface area contributed by atoms with Crippen LogP contribution in [0.2, 0.25) is 0 Å². The first-order valence-corrected chi connectivity index (χ1v) is 7.44. The third kappa shape index (κ3) is 2.58. The third-order valence-electron chi connectivity index (χ3n) is 3.83. The number of nitrogens with zero attached hydrogens (tertiary/aromatic N) is 2. The van der Waals surface area contributed by atoms with Crippen molar-refractivity contribution in [2.24, 2.45) is 0 Å². The summed E-state index contributed by atoms with van der Waals surface area (Å²) in [5.74, 6) is -0.0208. The van der Waals surface area contributed by atoms with Crippen molar-refractivity contribution >= 4 is 29.3 Å². The normalized spacial score (nSPS) is 22.4. The van der Waals surface area contributed by atoms with Crippen molar-refractivity contribution in [2.45, 2.75) is 38.1 Å². The first-order chi connectivity index (χ1) is 9.75. The van der Waals surface area contributed by atoms with Gasteiger partial charge < -0.3 is 5.32 Å². The zero-order valence-electron chi connectivity index (χ0n) is 11.2. The summed E-state index contributed by atoms with van der Waals surface area (Å²) in [6, 6.07) is 5.88. The number of carbonyl (C=O) groups is 1. The van der Waals surface area contributed by atoms with Crippen molar-refractivity contribution in [3.8, 4) is 0 Å². The van der Waals surface area contributed by atoms with Crippen molar-refractivity contribution in [1.82, 2.24) is 15.2 Å². The lowest BCUT2D eigenvalue weighted by Gasteiger charge is -2.29. The minimum absolute atomic E-state index is 0.0208. The van der Waals surface area contributed by atoms with Crippen LogP contribution in [0.15, 0.2) is 30.1 Å². The summed E-state index contributed by atoms with van der Waals surface area (Å²) in [4.78, 5) is 18.5. The van der Waals surface area contributed by atoms with Crippen LogP contribution < -0.4 is 5.32 Å². The van der Waals surface area contributed by atoms with Gasteiger partial charge in [0.25, 0.3) is 5.91 Å². The van der Waals surface area contributed by atoms with Gasteiger partial charge in [-0.2, -0.15) is 0 Å². The van der Waals surface area contributed by atoms with E-state index in [0.717, 1.165) is 18.5 Å². The molecule has 0 aromatic carbocycles. The Hall–Kier alpha value is -1.75. The molecule has 5 heteroatoms. The van der Waals surface area contributed by atoms with Crippen LogP contribution in [0.5, 0.6) is 0 Å². The first-order valence-electron chi connectivity index (χ1n) is 7.03. The van der Waals surface area contributed by atoms with Crippen molar-refractivity contribution < 1.29 is 4.79 Å². The molecule has 0 spiro atoms. The standard InChI is InChI=1S/C15H17N3OS/c19-14-13(10-11-6-4-5-9-16-11)17-15(20)18(14)12-7-2-1-3-8-12/h4-6,9-10,12H,1-3,7-8H2,(H,17,20)/b13-10-. The molecule has 3 rings (SSSR count). The Balaban J connectivity index is 1.81. The van der Waals surface area contributed by atoms with Crippen molar-refractivity contribution in [3.05, 3.63) is 35.8 Å². The molecule has 104 valence electrons. The van der Waals surface area contributed by atoms with Crippen molar-refractivity contribution in [3.63, 3.8) is 0 Å². The van der Waals surface area contributed by atoms with E-state index in [1.807, 2.05) is 18.2 Å². The Kier molecular flexibility index (Phi) is 3.78. The highest BCUT2D eigenvalue weighted by molar-refractivity contribution is 7.80. The van der Waals surface area contributed by atoms with Crippen LogP contribution in [-0.4, -0.2) is 26.9 Å². The maximum atomic E-state index is 12.5. The lowest BCUT2D eigenvalue weighted by atomic mass is 9.94. The summed E-state index contributed by atoms with van der Waals surface area (Å²) in [5.41, 5.74) is 1.29. The number of hydrogen-bond donors (Lipinski definition) is 1. The molecule has 2 aliphatic rings. The van der Waals surface area contributed by atoms with Gasteiger partial charge in [-0.3, -0.25) is 14.7 Å². The minimum atomic E-state index is -0.0208. The van der Waals surface area contributed by atoms with Gasteiger partial charge in [0.05, 0.1) is 5.69 Å². The van der Waals surface area contributed by atoms with Crippen molar-refractivity contribution in [1.29, 1.82) is 0 Å². The van der Waals surface area contributed by atoms with E-state index in [4.69, 9.17) is 12.2 Å². The fourth-order valence-electron chi connectivity index (χ4n) is 2.83. The Labute approximate surface area is 123 Å². The molecule has 1 aliphatic carbocycles. The lowest BCUT2D eigenvalue weighted by Crippen LogP contribution is -2.41. The molecule has 1 aromatic rings. The summed E-state index contributed by atoms with van der Waals surface area (Å²) in [5, 5.41) is 3.56. The minimum Gasteiger partial charge on any atom is -0.328 e. The highest BCUT2D eigenvalue weighted by Gasteiger charge is 2.36. The molecule has 0 bridgehead atoms. The van der Waals surface area contributed by atoms with Crippen LogP contribution in [0.4, 0.5) is 0 Å². The van der Waals surface area contributed by atoms with E-state index in [2.05, 4.69) is 10.3 Å². The third-order valence-corrected chi connectivity index (χ3v) is 4.13. The molecule has 0 atom stereocenters. The number of aromatic nitrogens is 1. The lowest BCUT2D eigenvalue weighted by molar-refractivity contribution is -0.124. The average molecular weight is 287 g/mol. The van der Waals surface area contributed by atoms with Crippen LogP contribution in [0.1, 0.15) is 37.8 Å². The Morgan fingerprint density at radius 2 is 2.10 bits per heavy atom. The molecule has 1 aromatic heterocycles. The Bertz CT molecular complexity index is 549. The summed E-state index contributed by atoms with van der Waals surface area (Å²) >= 11 is 5.32. The van der Waals surface area contributed by atoms with Gasteiger partial charge in [0.15, 0.2) is 5.11 Å². The predicted molar refractivity (Wildman–Crippen MR) is 81.7 cm³/mol. The molecule has 1 amide bonds. The molecule has 1 saturated carbocycles. The highest BCUT2D eigenvalue weighted by atomic mass is 32.1. The summed E-state index contributed by atoms with van der Waals surface area (Å²) in [6.45, 7) is 0. The zero-order chi connectivity index (χ0) is 13.9. The first kappa shape index (κ1) is 13.2. The van der Waals surface area contributed by atoms with E-state index < -0.39 is 0 Å². The molecule has 0 radical (unpaired) electrons. The molecule has 1 aliphatic heterocycles. The van der Waals surface area contributed by atoms with Crippen LogP contribution in [0.25, 0.3) is 6.08 Å². The second-order valence-corrected chi connectivity index (χ2v) is 5.60. The maximum absolute atomic E-state index is 12.5. The van der Waals surface area contributed by atoms with Gasteiger partial charge in [0.1, 0.15) is 5.70 Å². The van der Waals surface area contributed by atoms with E-state index in [1.165, 1.54) is 19.3 Å². The molecule has 4 nitrogen and oxygen atoms in total. The predicted octanol–water partition coefficient (Wildman–Crippen LogP) is 2.47. The number of amides is 1. The SMILES string of the molecule is O=C1/C(=C/c2ccccn2)NC(=S)N1C1CCCCC1. The largest absolute Gasteiger partial charge is 0.328 e. The monoisotopic (exact) mass is 287 g/mol. The van der Waals surface area contributed by atoms with Crippen LogP contribution in [-0.2, 0) is 4.79 Å². The van der Waals surface area contributed by atoms with E-state index in [-0.39, 0.29) is 11.9 Å². The maximum Gasteiger partial charge on any atom is 0.276 e. The fraction of sp³-hybridized carbons (Fsp3) is 0.400. The zero-order valence-corrected chi connectivity index (χ0v) is 12.0. The number of thiocarbonyl (C=S) groups is 1. The number of pyridine rings is 1. The van der Waals surface area contributed by atoms with E-state index >= 15 is 0 Å². The number of carbonyl (C=O) groups excluding carboxylic acids is 1. The summed E-state index contributed by atoms with van der Waals surface area (Å²) in [6.07, 6.45) is 9.18. The molecule has 2 heterocycles. The van der Waals surface area contributed by atoms with E-state index in [9.17, 15) is 4.79 Å². The molecule has 20 heavy (non-hydrogen) atoms. The van der Waals surface area contributed by atoms with Gasteiger partial charge in [-0.15, -0.1) is 0 Å². The van der Waals surface area contributed by atoms with E-state index in [0.29, 0.717) is 10.8 Å². The van der Waals surface area contributed by atoms with Gasteiger partial charge in [-0.25, -0.2) is 0 Å². The molecule has 2 fully saturated rings. The van der Waals surface area contributed by atoms with Gasteiger partial charge in [0.2, 0.25) is 0 Å². The van der Waals surface area contributed by atoms with Gasteiger partial charge in [-0.1, -0.05) is 25.3 Å². The van der Waals surface area contributed by atoms with Crippen LogP contribution in [0, 0.1) is 0 Å². The second-order valence-electron chi connectivity index (χ2n) is 5.21. The van der Waals surface area contributed by atoms with Gasteiger partial charge >= 0.3 is 0 Å². The molecule has 1 N–H and O–H groups in total. The number of rotatable bonds is 2. The average Bonchev–Trinajstić information content (AvgIpc) is 2.75. The number of nitrogens with one attached hydrogen (secondary N) is 1. The molecular weight excluding hydrogens is 270 g/mol. The smallest absolute Gasteiger partial charge is 0.276 e. The highest BCUT2D eigenvalue weighted by Crippen LogP contribution is 2.26. The topological polar surface area (TPSA) is 45.2 Å². The second kappa shape index (κ2) is 5.71. The number of hydrogen-bond acceptors (Lipinski definition) is 3. The van der Waals surface area contributed by atoms with E-state index in [1.54, 1.807) is 17.2 Å².